The second kappa shape index (κ2) is 10.4. The summed E-state index contributed by atoms with van der Waals surface area (Å²) >= 11 is 0. The zero-order chi connectivity index (χ0) is 22.3. The maximum Gasteiger partial charge on any atom is 0.265 e. The van der Waals surface area contributed by atoms with Crippen LogP contribution in [0.1, 0.15) is 36.8 Å². The lowest BCUT2D eigenvalue weighted by Gasteiger charge is -2.21. The number of amides is 1. The molecule has 166 valence electrons. The number of amidine groups is 1. The van der Waals surface area contributed by atoms with Gasteiger partial charge in [0.2, 0.25) is 10.0 Å². The highest BCUT2D eigenvalue weighted by Gasteiger charge is 2.27. The van der Waals surface area contributed by atoms with E-state index in [1.165, 1.54) is 10.4 Å². The minimum absolute atomic E-state index is 0.162. The van der Waals surface area contributed by atoms with Crippen molar-refractivity contribution in [3.05, 3.63) is 59.7 Å². The van der Waals surface area contributed by atoms with Crippen LogP contribution in [0.5, 0.6) is 0 Å². The second-order valence-corrected chi connectivity index (χ2v) is 9.37. The van der Waals surface area contributed by atoms with E-state index in [9.17, 15) is 13.2 Å². The number of oxime groups is 1. The predicted octanol–water partition coefficient (Wildman–Crippen LogP) is 2.84. The maximum atomic E-state index is 13.1. The molecule has 0 radical (unpaired) electrons. The Kier molecular flexibility index (Phi) is 7.64. The minimum Gasteiger partial charge on any atom is -0.384 e. The molecule has 1 heterocycles. The lowest BCUT2D eigenvalue weighted by atomic mass is 10.2. The minimum atomic E-state index is -3.62. The van der Waals surface area contributed by atoms with Crippen LogP contribution in [0, 0.1) is 6.92 Å². The summed E-state index contributed by atoms with van der Waals surface area (Å²) in [7, 11) is -3.62. The molecule has 31 heavy (non-hydrogen) atoms. The highest BCUT2D eigenvalue weighted by atomic mass is 32.2. The Hall–Kier alpha value is -2.91. The van der Waals surface area contributed by atoms with Crippen LogP contribution in [0.4, 0.5) is 5.69 Å². The molecule has 1 fully saturated rings. The Morgan fingerprint density at radius 1 is 1.10 bits per heavy atom. The van der Waals surface area contributed by atoms with Gasteiger partial charge in [-0.1, -0.05) is 54.4 Å². The van der Waals surface area contributed by atoms with Gasteiger partial charge in [0.1, 0.15) is 0 Å². The maximum absolute atomic E-state index is 13.1. The number of benzene rings is 2. The molecule has 1 saturated heterocycles. The van der Waals surface area contributed by atoms with Crippen LogP contribution in [-0.2, 0) is 19.7 Å². The van der Waals surface area contributed by atoms with Crippen LogP contribution in [0.2, 0.25) is 0 Å². The highest BCUT2D eigenvalue weighted by Crippen LogP contribution is 2.25. The van der Waals surface area contributed by atoms with Crippen molar-refractivity contribution in [3.63, 3.8) is 0 Å². The first-order chi connectivity index (χ1) is 14.9. The molecule has 0 aliphatic carbocycles. The van der Waals surface area contributed by atoms with Gasteiger partial charge >= 0.3 is 0 Å². The van der Waals surface area contributed by atoms with E-state index >= 15 is 0 Å². The molecule has 1 aliphatic heterocycles. The number of anilines is 1. The first-order valence-electron chi connectivity index (χ1n) is 10.3. The zero-order valence-corrected chi connectivity index (χ0v) is 18.4. The molecule has 0 atom stereocenters. The first-order valence-corrected chi connectivity index (χ1v) is 11.7. The molecule has 3 rings (SSSR count). The fraction of sp³-hybridized carbons (Fsp3) is 0.364. The second-order valence-electron chi connectivity index (χ2n) is 7.46. The number of nitrogens with one attached hydrogen (secondary N) is 1. The fourth-order valence-corrected chi connectivity index (χ4v) is 5.16. The summed E-state index contributed by atoms with van der Waals surface area (Å²) in [5.74, 6) is -0.304. The molecule has 0 spiro atoms. The normalized spacial score (nSPS) is 15.8. The average molecular weight is 445 g/mol. The Morgan fingerprint density at radius 3 is 2.45 bits per heavy atom. The number of aryl methyl sites for hydroxylation is 1. The summed E-state index contributed by atoms with van der Waals surface area (Å²) < 4.78 is 27.8. The quantitative estimate of drug-likeness (QED) is 0.387. The summed E-state index contributed by atoms with van der Waals surface area (Å²) in [5, 5.41) is 6.40. The molecule has 1 amide bonds. The van der Waals surface area contributed by atoms with Crippen LogP contribution >= 0.6 is 0 Å². The van der Waals surface area contributed by atoms with Crippen molar-refractivity contribution >= 4 is 27.5 Å². The topological polar surface area (TPSA) is 114 Å². The van der Waals surface area contributed by atoms with Crippen molar-refractivity contribution in [2.24, 2.45) is 10.9 Å². The summed E-state index contributed by atoms with van der Waals surface area (Å²) in [4.78, 5) is 17.5. The van der Waals surface area contributed by atoms with Gasteiger partial charge in [0.15, 0.2) is 12.4 Å². The predicted molar refractivity (Wildman–Crippen MR) is 120 cm³/mol. The van der Waals surface area contributed by atoms with Gasteiger partial charge in [-0.05, 0) is 37.5 Å². The van der Waals surface area contributed by atoms with Gasteiger partial charge in [0, 0.05) is 24.3 Å². The number of hydrogen-bond donors (Lipinski definition) is 2. The molecule has 0 unspecified atom stereocenters. The Balaban J connectivity index is 1.65. The Bertz CT molecular complexity index is 1030. The molecule has 1 aliphatic rings. The van der Waals surface area contributed by atoms with E-state index in [0.717, 1.165) is 25.7 Å². The SMILES string of the molecule is Cc1ccc(NC(=O)CO/N=C(\N)c2ccccc2)cc1S(=O)(=O)N1CCCCCC1. The van der Waals surface area contributed by atoms with E-state index in [2.05, 4.69) is 10.5 Å². The molecule has 0 aromatic heterocycles. The lowest BCUT2D eigenvalue weighted by Crippen LogP contribution is -2.32. The van der Waals surface area contributed by atoms with Crippen molar-refractivity contribution in [1.82, 2.24) is 4.31 Å². The third kappa shape index (κ3) is 6.05. The molecule has 8 nitrogen and oxygen atoms in total. The molecule has 0 bridgehead atoms. The Labute approximate surface area is 183 Å². The van der Waals surface area contributed by atoms with E-state index in [1.807, 2.05) is 18.2 Å². The van der Waals surface area contributed by atoms with Crippen molar-refractivity contribution < 1.29 is 18.0 Å². The Morgan fingerprint density at radius 2 is 1.77 bits per heavy atom. The highest BCUT2D eigenvalue weighted by molar-refractivity contribution is 7.89. The number of nitrogens with two attached hydrogens (primary N) is 1. The van der Waals surface area contributed by atoms with Crippen LogP contribution in [-0.4, -0.2) is 44.2 Å². The van der Waals surface area contributed by atoms with Gasteiger partial charge < -0.3 is 15.9 Å². The van der Waals surface area contributed by atoms with E-state index < -0.39 is 15.9 Å². The van der Waals surface area contributed by atoms with Crippen molar-refractivity contribution in [3.8, 4) is 0 Å². The molecule has 3 N–H and O–H groups in total. The summed E-state index contributed by atoms with van der Waals surface area (Å²) in [6, 6.07) is 13.9. The van der Waals surface area contributed by atoms with Gasteiger partial charge in [0.05, 0.1) is 4.90 Å². The molecule has 0 saturated carbocycles. The number of nitrogens with zero attached hydrogens (tertiary/aromatic N) is 2. The first kappa shape index (κ1) is 22.8. The number of rotatable bonds is 7. The van der Waals surface area contributed by atoms with Crippen molar-refractivity contribution in [2.75, 3.05) is 25.0 Å². The third-order valence-corrected chi connectivity index (χ3v) is 7.12. The van der Waals surface area contributed by atoms with Gasteiger partial charge in [-0.25, -0.2) is 8.42 Å². The van der Waals surface area contributed by atoms with Crippen LogP contribution in [0.25, 0.3) is 0 Å². The number of sulfonamides is 1. The number of carbonyl (C=O) groups excluding carboxylic acids is 1. The van der Waals surface area contributed by atoms with Crippen molar-refractivity contribution in [2.45, 2.75) is 37.5 Å². The summed E-state index contributed by atoms with van der Waals surface area (Å²) in [5.41, 5.74) is 7.53. The van der Waals surface area contributed by atoms with E-state index in [4.69, 9.17) is 10.6 Å². The summed E-state index contributed by atoms with van der Waals surface area (Å²) in [6.45, 7) is 2.44. The number of carbonyl (C=O) groups is 1. The smallest absolute Gasteiger partial charge is 0.265 e. The van der Waals surface area contributed by atoms with Crippen molar-refractivity contribution in [1.29, 1.82) is 0 Å². The lowest BCUT2D eigenvalue weighted by molar-refractivity contribution is -0.120. The molecule has 2 aromatic rings. The molecule has 2 aromatic carbocycles. The molecular formula is C22H28N4O4S. The van der Waals surface area contributed by atoms with Crippen LogP contribution in [0.3, 0.4) is 0 Å². The molecule has 9 heteroatoms. The zero-order valence-electron chi connectivity index (χ0n) is 17.6. The largest absolute Gasteiger partial charge is 0.384 e. The van der Waals surface area contributed by atoms with Gasteiger partial charge in [0.25, 0.3) is 5.91 Å². The monoisotopic (exact) mass is 444 g/mol. The van der Waals surface area contributed by atoms with E-state index in [0.29, 0.717) is 29.9 Å². The van der Waals surface area contributed by atoms with Crippen LogP contribution < -0.4 is 11.1 Å². The average Bonchev–Trinajstić information content (AvgIpc) is 3.06. The number of hydrogen-bond acceptors (Lipinski definition) is 5. The third-order valence-electron chi connectivity index (χ3n) is 5.08. The fourth-order valence-electron chi connectivity index (χ4n) is 3.40. The van der Waals surface area contributed by atoms with E-state index in [1.54, 1.807) is 31.2 Å². The van der Waals surface area contributed by atoms with Gasteiger partial charge in [-0.2, -0.15) is 4.31 Å². The summed E-state index contributed by atoms with van der Waals surface area (Å²) in [6.07, 6.45) is 3.80. The van der Waals surface area contributed by atoms with E-state index in [-0.39, 0.29) is 17.3 Å². The van der Waals surface area contributed by atoms with Gasteiger partial charge in [-0.15, -0.1) is 0 Å². The van der Waals surface area contributed by atoms with Crippen LogP contribution in [0.15, 0.2) is 58.6 Å². The standard InChI is InChI=1S/C22H28N4O4S/c1-17-11-12-19(15-20(17)31(28,29)26-13-7-2-3-8-14-26)24-21(27)16-30-25-22(23)18-9-5-4-6-10-18/h4-6,9-12,15H,2-3,7-8,13-14,16H2,1H3,(H2,23,25)(H,24,27). The van der Waals surface area contributed by atoms with Gasteiger partial charge in [-0.3, -0.25) is 4.79 Å². The molecular weight excluding hydrogens is 416 g/mol.